The molecule has 2 aromatic rings. The van der Waals surface area contributed by atoms with E-state index < -0.39 is 35.7 Å². The van der Waals surface area contributed by atoms with Crippen molar-refractivity contribution in [1.29, 1.82) is 0 Å². The number of hydrogen-bond donors (Lipinski definition) is 2. The van der Waals surface area contributed by atoms with E-state index in [1.807, 2.05) is 9.80 Å². The highest BCUT2D eigenvalue weighted by molar-refractivity contribution is 6.31. The van der Waals surface area contributed by atoms with Crippen LogP contribution in [-0.4, -0.2) is 79.4 Å². The molecule has 1 amide bonds. The zero-order valence-electron chi connectivity index (χ0n) is 21.4. The lowest BCUT2D eigenvalue weighted by molar-refractivity contribution is -0.138. The molecule has 2 fully saturated rings. The number of amides is 1. The summed E-state index contributed by atoms with van der Waals surface area (Å²) < 4.78 is 67.7. The lowest BCUT2D eigenvalue weighted by Gasteiger charge is -2.37. The van der Waals surface area contributed by atoms with Gasteiger partial charge in [0.1, 0.15) is 0 Å². The van der Waals surface area contributed by atoms with Gasteiger partial charge in [-0.2, -0.15) is 13.2 Å². The summed E-state index contributed by atoms with van der Waals surface area (Å²) in [5.41, 5.74) is 0.576. The van der Waals surface area contributed by atoms with Gasteiger partial charge in [-0.25, -0.2) is 8.78 Å². The number of nitrogens with zero attached hydrogens (tertiary/aromatic N) is 3. The number of nitrogens with one attached hydrogen (secondary N) is 1. The normalized spacial score (nSPS) is 19.4. The second-order valence-electron chi connectivity index (χ2n) is 10.1. The van der Waals surface area contributed by atoms with E-state index in [4.69, 9.17) is 11.6 Å². The van der Waals surface area contributed by atoms with Crippen LogP contribution in [0.15, 0.2) is 30.3 Å². The van der Waals surface area contributed by atoms with Crippen LogP contribution in [-0.2, 0) is 6.54 Å². The topological polar surface area (TPSA) is 59.1 Å². The number of alkyl halides is 3. The first kappa shape index (κ1) is 29.5. The molecule has 2 aliphatic rings. The Morgan fingerprint density at radius 2 is 1.77 bits per heavy atom. The fourth-order valence-corrected chi connectivity index (χ4v) is 5.30. The van der Waals surface area contributed by atoms with Gasteiger partial charge in [-0.15, -0.1) is 0 Å². The van der Waals surface area contributed by atoms with E-state index in [2.05, 4.69) is 5.32 Å². The summed E-state index contributed by atoms with van der Waals surface area (Å²) in [5, 5.41) is 12.5. The fraction of sp³-hybridized carbons (Fsp3) is 0.519. The van der Waals surface area contributed by atoms with Crippen LogP contribution in [0.5, 0.6) is 0 Å². The van der Waals surface area contributed by atoms with Gasteiger partial charge in [-0.05, 0) is 49.6 Å². The summed E-state index contributed by atoms with van der Waals surface area (Å²) >= 11 is 6.18. The Morgan fingerprint density at radius 3 is 2.46 bits per heavy atom. The van der Waals surface area contributed by atoms with Crippen molar-refractivity contribution in [2.45, 2.75) is 32.0 Å². The molecule has 1 unspecified atom stereocenters. The zero-order valence-corrected chi connectivity index (χ0v) is 22.2. The van der Waals surface area contributed by atoms with Crippen molar-refractivity contribution >= 4 is 28.9 Å². The highest BCUT2D eigenvalue weighted by atomic mass is 35.5. The molecule has 0 aromatic heterocycles. The molecule has 2 aliphatic heterocycles. The summed E-state index contributed by atoms with van der Waals surface area (Å²) in [6, 6.07) is 7.39. The van der Waals surface area contributed by atoms with E-state index in [0.29, 0.717) is 49.1 Å². The first-order valence-corrected chi connectivity index (χ1v) is 13.4. The van der Waals surface area contributed by atoms with Crippen LogP contribution in [0.2, 0.25) is 5.02 Å². The summed E-state index contributed by atoms with van der Waals surface area (Å²) in [7, 11) is 0. The quantitative estimate of drug-likeness (QED) is 0.427. The number of carbonyl (C=O) groups excluding carboxylic acids is 1. The minimum absolute atomic E-state index is 0.0485. The molecule has 2 heterocycles. The van der Waals surface area contributed by atoms with Gasteiger partial charge in [-0.3, -0.25) is 14.6 Å². The number of rotatable bonds is 8. The molecule has 2 saturated heterocycles. The van der Waals surface area contributed by atoms with E-state index in [9.17, 15) is 27.5 Å². The lowest BCUT2D eigenvalue weighted by atomic mass is 9.98. The molecule has 2 N–H and O–H groups in total. The minimum atomic E-state index is -4.22. The molecule has 4 rings (SSSR count). The van der Waals surface area contributed by atoms with Crippen molar-refractivity contribution in [3.8, 4) is 0 Å². The number of halogens is 6. The number of piperidine rings is 1. The Labute approximate surface area is 229 Å². The standard InChI is InChI=1S/C27H32ClF5N4O2/c28-20-4-6-22(23(14-20)37-12-10-35(11-13-37)9-7-27(31,32)33)34-26(39)21-5-3-19(24(29)25(21)30)16-36-8-1-2-18(15-36)17-38/h3-6,14,18,38H,1-2,7-13,15-17H2,(H,34,39). The fourth-order valence-electron chi connectivity index (χ4n) is 5.13. The molecule has 39 heavy (non-hydrogen) atoms. The molecule has 0 bridgehead atoms. The average molecular weight is 575 g/mol. The van der Waals surface area contributed by atoms with Gasteiger partial charge in [0.25, 0.3) is 5.91 Å². The van der Waals surface area contributed by atoms with Gasteiger partial charge in [-0.1, -0.05) is 17.7 Å². The van der Waals surface area contributed by atoms with E-state index in [-0.39, 0.29) is 31.2 Å². The third-order valence-electron chi connectivity index (χ3n) is 7.29. The molecule has 12 heteroatoms. The summed E-state index contributed by atoms with van der Waals surface area (Å²) in [5.74, 6) is -3.05. The van der Waals surface area contributed by atoms with Crippen molar-refractivity contribution in [3.05, 3.63) is 58.1 Å². The maximum Gasteiger partial charge on any atom is 0.390 e. The van der Waals surface area contributed by atoms with Crippen LogP contribution >= 0.6 is 11.6 Å². The largest absolute Gasteiger partial charge is 0.396 e. The molecule has 1 atom stereocenters. The molecule has 0 radical (unpaired) electrons. The van der Waals surface area contributed by atoms with Crippen molar-refractivity contribution in [1.82, 2.24) is 9.80 Å². The monoisotopic (exact) mass is 574 g/mol. The Balaban J connectivity index is 1.43. The number of likely N-dealkylation sites (tertiary alicyclic amines) is 1. The Morgan fingerprint density at radius 1 is 1.03 bits per heavy atom. The molecular weight excluding hydrogens is 543 g/mol. The first-order chi connectivity index (χ1) is 18.5. The number of benzene rings is 2. The number of piperazine rings is 1. The van der Waals surface area contributed by atoms with Crippen LogP contribution in [0.4, 0.5) is 33.3 Å². The van der Waals surface area contributed by atoms with Gasteiger partial charge in [0.2, 0.25) is 0 Å². The van der Waals surface area contributed by atoms with Gasteiger partial charge in [0, 0.05) is 63.0 Å². The predicted molar refractivity (Wildman–Crippen MR) is 140 cm³/mol. The molecule has 0 spiro atoms. The molecule has 0 aliphatic carbocycles. The Hall–Kier alpha value is -2.47. The van der Waals surface area contributed by atoms with Crippen LogP contribution in [0.25, 0.3) is 0 Å². The number of anilines is 2. The van der Waals surface area contributed by atoms with Gasteiger partial charge in [0.05, 0.1) is 23.4 Å². The van der Waals surface area contributed by atoms with E-state index in [0.717, 1.165) is 19.4 Å². The Kier molecular flexibility index (Phi) is 9.69. The number of aliphatic hydroxyl groups is 1. The average Bonchev–Trinajstić information content (AvgIpc) is 2.91. The van der Waals surface area contributed by atoms with Gasteiger partial charge in [0.15, 0.2) is 11.6 Å². The second kappa shape index (κ2) is 12.8. The first-order valence-electron chi connectivity index (χ1n) is 13.0. The van der Waals surface area contributed by atoms with Gasteiger partial charge >= 0.3 is 6.18 Å². The SMILES string of the molecule is O=C(Nc1ccc(Cl)cc1N1CCN(CCC(F)(F)F)CC1)c1ccc(CN2CCCC(CO)C2)c(F)c1F. The van der Waals surface area contributed by atoms with Crippen LogP contribution in [0, 0.1) is 17.6 Å². The summed E-state index contributed by atoms with van der Waals surface area (Å²) in [6.45, 7) is 3.06. The molecule has 6 nitrogen and oxygen atoms in total. The maximum absolute atomic E-state index is 15.0. The van der Waals surface area contributed by atoms with E-state index in [1.54, 1.807) is 23.1 Å². The third kappa shape index (κ3) is 7.81. The predicted octanol–water partition coefficient (Wildman–Crippen LogP) is 5.15. The van der Waals surface area contributed by atoms with E-state index in [1.165, 1.54) is 12.1 Å². The van der Waals surface area contributed by atoms with Crippen LogP contribution < -0.4 is 10.2 Å². The van der Waals surface area contributed by atoms with Crippen LogP contribution in [0.1, 0.15) is 35.2 Å². The second-order valence-corrected chi connectivity index (χ2v) is 10.6. The summed E-state index contributed by atoms with van der Waals surface area (Å²) in [6.07, 6.45) is -3.34. The summed E-state index contributed by atoms with van der Waals surface area (Å²) in [4.78, 5) is 18.6. The Bertz CT molecular complexity index is 1160. The van der Waals surface area contributed by atoms with Gasteiger partial charge < -0.3 is 15.3 Å². The lowest BCUT2D eigenvalue weighted by Crippen LogP contribution is -2.47. The third-order valence-corrected chi connectivity index (χ3v) is 7.53. The van der Waals surface area contributed by atoms with Crippen molar-refractivity contribution in [2.75, 3.05) is 62.6 Å². The minimum Gasteiger partial charge on any atom is -0.396 e. The number of aliphatic hydroxyl groups excluding tert-OH is 1. The van der Waals surface area contributed by atoms with Crippen LogP contribution in [0.3, 0.4) is 0 Å². The highest BCUT2D eigenvalue weighted by Gasteiger charge is 2.29. The van der Waals surface area contributed by atoms with Crippen molar-refractivity contribution in [2.24, 2.45) is 5.92 Å². The smallest absolute Gasteiger partial charge is 0.390 e. The number of hydrogen-bond acceptors (Lipinski definition) is 5. The molecule has 0 saturated carbocycles. The number of carbonyl (C=O) groups is 1. The zero-order chi connectivity index (χ0) is 28.2. The van der Waals surface area contributed by atoms with E-state index >= 15 is 4.39 Å². The van der Waals surface area contributed by atoms with Crippen molar-refractivity contribution in [3.63, 3.8) is 0 Å². The molecule has 2 aromatic carbocycles. The maximum atomic E-state index is 15.0. The molecular formula is C27H32ClF5N4O2. The highest BCUT2D eigenvalue weighted by Crippen LogP contribution is 2.32. The van der Waals surface area contributed by atoms with Crippen molar-refractivity contribution < 1.29 is 31.9 Å². The molecule has 214 valence electrons.